The van der Waals surface area contributed by atoms with Gasteiger partial charge in [0.25, 0.3) is 0 Å². The molecule has 0 heterocycles. The van der Waals surface area contributed by atoms with E-state index in [2.05, 4.69) is 36.9 Å². The maximum Gasteiger partial charge on any atom is 0.0821 e. The van der Waals surface area contributed by atoms with Gasteiger partial charge in [-0.25, -0.2) is 0 Å². The number of anilines is 1. The molecule has 0 aliphatic carbocycles. The first-order valence-electron chi connectivity index (χ1n) is 7.36. The van der Waals surface area contributed by atoms with E-state index < -0.39 is 6.10 Å². The van der Waals surface area contributed by atoms with Crippen molar-refractivity contribution >= 4 is 17.3 Å². The first-order chi connectivity index (χ1) is 10.1. The van der Waals surface area contributed by atoms with E-state index in [4.69, 9.17) is 11.6 Å². The van der Waals surface area contributed by atoms with Crippen LogP contribution in [0.25, 0.3) is 0 Å². The van der Waals surface area contributed by atoms with Crippen LogP contribution in [0.5, 0.6) is 0 Å². The highest BCUT2D eigenvalue weighted by Crippen LogP contribution is 2.26. The molecule has 0 aliphatic rings. The van der Waals surface area contributed by atoms with Gasteiger partial charge in [-0.1, -0.05) is 48.0 Å². The van der Waals surface area contributed by atoms with E-state index in [1.165, 1.54) is 11.3 Å². The Morgan fingerprint density at radius 2 is 1.76 bits per heavy atom. The van der Waals surface area contributed by atoms with Crippen molar-refractivity contribution in [3.05, 3.63) is 64.7 Å². The molecule has 1 atom stereocenters. The summed E-state index contributed by atoms with van der Waals surface area (Å²) in [6, 6.07) is 15.8. The van der Waals surface area contributed by atoms with Crippen LogP contribution in [-0.2, 0) is 0 Å². The number of nitrogens with zero attached hydrogens (tertiary/aromatic N) is 1. The summed E-state index contributed by atoms with van der Waals surface area (Å²) in [5.41, 5.74) is 3.29. The molecular weight excluding hydrogens is 282 g/mol. The van der Waals surface area contributed by atoms with Crippen molar-refractivity contribution in [2.45, 2.75) is 26.4 Å². The fourth-order valence-corrected chi connectivity index (χ4v) is 2.81. The van der Waals surface area contributed by atoms with E-state index in [-0.39, 0.29) is 0 Å². The van der Waals surface area contributed by atoms with Gasteiger partial charge in [-0.15, -0.1) is 0 Å². The molecule has 1 N–H and O–H groups in total. The van der Waals surface area contributed by atoms with E-state index in [0.717, 1.165) is 18.7 Å². The number of hydrogen-bond donors (Lipinski definition) is 1. The minimum atomic E-state index is -0.531. The van der Waals surface area contributed by atoms with Gasteiger partial charge in [-0.05, 0) is 43.5 Å². The predicted octanol–water partition coefficient (Wildman–Crippen LogP) is 4.60. The average Bonchev–Trinajstić information content (AvgIpc) is 2.49. The molecule has 0 saturated heterocycles. The van der Waals surface area contributed by atoms with Crippen LogP contribution in [0.2, 0.25) is 5.02 Å². The summed E-state index contributed by atoms with van der Waals surface area (Å²) in [6.45, 7) is 5.96. The zero-order valence-corrected chi connectivity index (χ0v) is 13.3. The molecule has 0 spiro atoms. The molecule has 2 nitrogen and oxygen atoms in total. The van der Waals surface area contributed by atoms with E-state index in [1.807, 2.05) is 30.3 Å². The monoisotopic (exact) mass is 303 g/mol. The Balaban J connectivity index is 2.04. The highest BCUT2D eigenvalue weighted by atomic mass is 35.5. The zero-order chi connectivity index (χ0) is 15.2. The molecule has 0 aliphatic heterocycles. The summed E-state index contributed by atoms with van der Waals surface area (Å²) in [4.78, 5) is 2.29. The molecule has 0 amide bonds. The number of aliphatic hydroxyl groups excluding tert-OH is 1. The van der Waals surface area contributed by atoms with E-state index in [1.54, 1.807) is 0 Å². The molecule has 0 bridgehead atoms. The van der Waals surface area contributed by atoms with Gasteiger partial charge in [-0.2, -0.15) is 0 Å². The van der Waals surface area contributed by atoms with Crippen molar-refractivity contribution in [1.29, 1.82) is 0 Å². The molecule has 2 aromatic rings. The second-order valence-electron chi connectivity index (χ2n) is 5.19. The van der Waals surface area contributed by atoms with Gasteiger partial charge in [0, 0.05) is 23.8 Å². The van der Waals surface area contributed by atoms with Crippen molar-refractivity contribution in [2.75, 3.05) is 18.0 Å². The van der Waals surface area contributed by atoms with Crippen LogP contribution in [-0.4, -0.2) is 18.2 Å². The van der Waals surface area contributed by atoms with Crippen molar-refractivity contribution in [1.82, 2.24) is 0 Å². The van der Waals surface area contributed by atoms with E-state index in [9.17, 15) is 5.11 Å². The Bertz CT molecular complexity index is 585. The first kappa shape index (κ1) is 15.9. The van der Waals surface area contributed by atoms with Crippen LogP contribution in [0.15, 0.2) is 48.5 Å². The molecular formula is C18H22ClNO. The molecule has 2 rings (SSSR count). The van der Waals surface area contributed by atoms with Gasteiger partial charge in [0.2, 0.25) is 0 Å². The number of hydrogen-bond acceptors (Lipinski definition) is 2. The number of aliphatic hydroxyl groups is 1. The Morgan fingerprint density at radius 1 is 1.10 bits per heavy atom. The lowest BCUT2D eigenvalue weighted by atomic mass is 10.1. The number of rotatable bonds is 6. The molecule has 2 aromatic carbocycles. The van der Waals surface area contributed by atoms with Gasteiger partial charge in [0.15, 0.2) is 0 Å². The summed E-state index contributed by atoms with van der Waals surface area (Å²) in [7, 11) is 0. The van der Waals surface area contributed by atoms with Crippen molar-refractivity contribution < 1.29 is 5.11 Å². The van der Waals surface area contributed by atoms with Gasteiger partial charge < -0.3 is 10.0 Å². The predicted molar refractivity (Wildman–Crippen MR) is 90.1 cm³/mol. The summed E-state index contributed by atoms with van der Waals surface area (Å²) in [6.07, 6.45) is 0.128. The molecule has 0 aromatic heterocycles. The lowest BCUT2D eigenvalue weighted by molar-refractivity contribution is 0.169. The summed E-state index contributed by atoms with van der Waals surface area (Å²) in [5.74, 6) is 0. The molecule has 0 saturated carbocycles. The zero-order valence-electron chi connectivity index (χ0n) is 12.6. The lowest BCUT2D eigenvalue weighted by Crippen LogP contribution is -2.26. The van der Waals surface area contributed by atoms with Gasteiger partial charge >= 0.3 is 0 Å². The topological polar surface area (TPSA) is 23.5 Å². The Hall–Kier alpha value is -1.51. The number of aryl methyl sites for hydroxylation is 1. The second-order valence-corrected chi connectivity index (χ2v) is 5.60. The minimum absolute atomic E-state index is 0.531. The Morgan fingerprint density at radius 3 is 2.43 bits per heavy atom. The third kappa shape index (κ3) is 3.99. The third-order valence-electron chi connectivity index (χ3n) is 3.77. The van der Waals surface area contributed by atoms with Crippen molar-refractivity contribution in [3.8, 4) is 0 Å². The standard InChI is InChI=1S/C18H22ClNO/c1-3-20(17-11-7-4-8-14(17)2)13-12-18(21)15-9-5-6-10-16(15)19/h4-11,18,21H,3,12-13H2,1-2H3. The van der Waals surface area contributed by atoms with E-state index in [0.29, 0.717) is 11.4 Å². The van der Waals surface area contributed by atoms with Crippen LogP contribution in [0.1, 0.15) is 30.6 Å². The van der Waals surface area contributed by atoms with Crippen LogP contribution in [0, 0.1) is 6.92 Å². The van der Waals surface area contributed by atoms with Gasteiger partial charge in [0.05, 0.1) is 6.10 Å². The molecule has 0 fully saturated rings. The highest BCUT2D eigenvalue weighted by molar-refractivity contribution is 6.31. The van der Waals surface area contributed by atoms with Crippen LogP contribution in [0.4, 0.5) is 5.69 Å². The largest absolute Gasteiger partial charge is 0.388 e. The lowest BCUT2D eigenvalue weighted by Gasteiger charge is -2.26. The molecule has 0 radical (unpaired) electrons. The fraction of sp³-hybridized carbons (Fsp3) is 0.333. The summed E-state index contributed by atoms with van der Waals surface area (Å²) < 4.78 is 0. The first-order valence-corrected chi connectivity index (χ1v) is 7.74. The summed E-state index contributed by atoms with van der Waals surface area (Å²) in [5, 5.41) is 11.0. The Kier molecular flexibility index (Phi) is 5.66. The SMILES string of the molecule is CCN(CCC(O)c1ccccc1Cl)c1ccccc1C. The molecule has 112 valence electrons. The average molecular weight is 304 g/mol. The number of para-hydroxylation sites is 1. The second kappa shape index (κ2) is 7.48. The normalized spacial score (nSPS) is 12.2. The van der Waals surface area contributed by atoms with Crippen LogP contribution < -0.4 is 4.90 Å². The maximum absolute atomic E-state index is 10.4. The third-order valence-corrected chi connectivity index (χ3v) is 4.12. The van der Waals surface area contributed by atoms with Crippen LogP contribution in [0.3, 0.4) is 0 Å². The Labute approximate surface area is 132 Å². The highest BCUT2D eigenvalue weighted by Gasteiger charge is 2.14. The van der Waals surface area contributed by atoms with Crippen LogP contribution >= 0.6 is 11.6 Å². The van der Waals surface area contributed by atoms with Gasteiger partial charge in [-0.3, -0.25) is 0 Å². The van der Waals surface area contributed by atoms with Crippen molar-refractivity contribution in [3.63, 3.8) is 0 Å². The summed E-state index contributed by atoms with van der Waals surface area (Å²) >= 11 is 6.14. The molecule has 21 heavy (non-hydrogen) atoms. The quantitative estimate of drug-likeness (QED) is 0.843. The number of benzene rings is 2. The number of halogens is 1. The molecule has 3 heteroatoms. The van der Waals surface area contributed by atoms with E-state index >= 15 is 0 Å². The maximum atomic E-state index is 10.4. The van der Waals surface area contributed by atoms with Gasteiger partial charge in [0.1, 0.15) is 0 Å². The minimum Gasteiger partial charge on any atom is -0.388 e. The fourth-order valence-electron chi connectivity index (χ4n) is 2.55. The smallest absolute Gasteiger partial charge is 0.0821 e. The van der Waals surface area contributed by atoms with Crippen molar-refractivity contribution in [2.24, 2.45) is 0 Å². The molecule has 1 unspecified atom stereocenters.